The molecule has 0 bridgehead atoms. The van der Waals surface area contributed by atoms with Crippen molar-refractivity contribution < 1.29 is 14.1 Å². The Morgan fingerprint density at radius 2 is 1.89 bits per heavy atom. The number of nitrogens with zero attached hydrogens (tertiary/aromatic N) is 1. The van der Waals surface area contributed by atoms with Gasteiger partial charge in [0, 0.05) is 11.2 Å². The minimum absolute atomic E-state index is 0.0627. The molecule has 1 aromatic heterocycles. The Labute approximate surface area is 117 Å². The van der Waals surface area contributed by atoms with Gasteiger partial charge in [-0.25, -0.2) is 9.78 Å². The van der Waals surface area contributed by atoms with Crippen LogP contribution in [-0.2, 0) is 16.6 Å². The summed E-state index contributed by atoms with van der Waals surface area (Å²) in [5, 5.41) is 9.35. The van der Waals surface area contributed by atoms with Crippen molar-refractivity contribution in [3.05, 3.63) is 58.9 Å². The zero-order chi connectivity index (χ0) is 13.8. The zero-order valence-electron chi connectivity index (χ0n) is 9.75. The highest BCUT2D eigenvalue weighted by molar-refractivity contribution is 7.84. The molecule has 2 aromatic rings. The van der Waals surface area contributed by atoms with Gasteiger partial charge in [0.1, 0.15) is 5.69 Å². The molecular weight excluding hydrogens is 286 g/mol. The Hall–Kier alpha value is -1.72. The molecule has 0 aliphatic heterocycles. The summed E-state index contributed by atoms with van der Waals surface area (Å²) in [4.78, 5) is 14.9. The van der Waals surface area contributed by atoms with Crippen molar-refractivity contribution in [3.8, 4) is 0 Å². The summed E-state index contributed by atoms with van der Waals surface area (Å²) in [5.74, 6) is -0.763. The minimum atomic E-state index is -1.26. The second kappa shape index (κ2) is 5.95. The van der Waals surface area contributed by atoms with Gasteiger partial charge in [0.05, 0.1) is 21.4 Å². The van der Waals surface area contributed by atoms with Crippen LogP contribution in [0, 0.1) is 0 Å². The summed E-state index contributed by atoms with van der Waals surface area (Å²) in [6.07, 6.45) is 1.33. The van der Waals surface area contributed by atoms with Crippen LogP contribution in [0.3, 0.4) is 0 Å². The van der Waals surface area contributed by atoms with Crippen LogP contribution in [0.4, 0.5) is 0 Å². The second-order valence-corrected chi connectivity index (χ2v) is 5.69. The number of pyridine rings is 1. The third-order valence-electron chi connectivity index (χ3n) is 2.43. The fraction of sp³-hybridized carbons (Fsp3) is 0.0769. The number of aromatic nitrogens is 1. The van der Waals surface area contributed by atoms with Gasteiger partial charge in [-0.2, -0.15) is 0 Å². The monoisotopic (exact) mass is 295 g/mol. The molecule has 0 amide bonds. The SMILES string of the molecule is O=C(O)c1ccc([S@](=O)Cc2ccc(Cl)cc2)cn1. The van der Waals surface area contributed by atoms with Gasteiger partial charge < -0.3 is 5.11 Å². The van der Waals surface area contributed by atoms with E-state index in [1.54, 1.807) is 24.3 Å². The fourth-order valence-electron chi connectivity index (χ4n) is 1.46. The van der Waals surface area contributed by atoms with Crippen LogP contribution < -0.4 is 0 Å². The molecule has 0 saturated heterocycles. The van der Waals surface area contributed by atoms with Crippen molar-refractivity contribution in [2.45, 2.75) is 10.6 Å². The zero-order valence-corrected chi connectivity index (χ0v) is 11.3. The van der Waals surface area contributed by atoms with Gasteiger partial charge in [-0.3, -0.25) is 4.21 Å². The number of rotatable bonds is 4. The van der Waals surface area contributed by atoms with Crippen LogP contribution in [0.2, 0.25) is 5.02 Å². The van der Waals surface area contributed by atoms with Gasteiger partial charge in [0.2, 0.25) is 0 Å². The van der Waals surface area contributed by atoms with E-state index in [1.165, 1.54) is 18.3 Å². The second-order valence-electron chi connectivity index (χ2n) is 3.80. The molecular formula is C13H10ClNO3S. The molecule has 1 N–H and O–H groups in total. The number of carboxylic acids is 1. The highest BCUT2D eigenvalue weighted by atomic mass is 35.5. The third-order valence-corrected chi connectivity index (χ3v) is 4.04. The van der Waals surface area contributed by atoms with Crippen molar-refractivity contribution in [1.29, 1.82) is 0 Å². The molecule has 19 heavy (non-hydrogen) atoms. The molecule has 1 aromatic carbocycles. The minimum Gasteiger partial charge on any atom is -0.477 e. The van der Waals surface area contributed by atoms with E-state index in [9.17, 15) is 9.00 Å². The molecule has 0 aliphatic carbocycles. The van der Waals surface area contributed by atoms with E-state index in [2.05, 4.69) is 4.98 Å². The Bertz CT molecular complexity index is 611. The number of aromatic carboxylic acids is 1. The highest BCUT2D eigenvalue weighted by Gasteiger charge is 2.08. The van der Waals surface area contributed by atoms with Crippen molar-refractivity contribution in [3.63, 3.8) is 0 Å². The third kappa shape index (κ3) is 3.62. The van der Waals surface area contributed by atoms with Crippen LogP contribution in [-0.4, -0.2) is 20.3 Å². The lowest BCUT2D eigenvalue weighted by atomic mass is 10.2. The predicted octanol–water partition coefficient (Wildman–Crippen LogP) is 2.74. The average Bonchev–Trinajstić information content (AvgIpc) is 2.41. The van der Waals surface area contributed by atoms with E-state index in [-0.39, 0.29) is 5.69 Å². The summed E-state index contributed by atoms with van der Waals surface area (Å²) in [7, 11) is -1.26. The number of carbonyl (C=O) groups is 1. The molecule has 98 valence electrons. The van der Waals surface area contributed by atoms with Crippen molar-refractivity contribution in [2.24, 2.45) is 0 Å². The first-order chi connectivity index (χ1) is 9.06. The van der Waals surface area contributed by atoms with Crippen LogP contribution in [0.5, 0.6) is 0 Å². The molecule has 0 spiro atoms. The maximum absolute atomic E-state index is 12.1. The van der Waals surface area contributed by atoms with Gasteiger partial charge in [-0.05, 0) is 29.8 Å². The van der Waals surface area contributed by atoms with E-state index in [4.69, 9.17) is 16.7 Å². The first-order valence-corrected chi connectivity index (χ1v) is 7.08. The van der Waals surface area contributed by atoms with E-state index in [0.717, 1.165) is 5.56 Å². The van der Waals surface area contributed by atoms with Crippen LogP contribution in [0.25, 0.3) is 0 Å². The van der Waals surface area contributed by atoms with Gasteiger partial charge in [0.25, 0.3) is 0 Å². The summed E-state index contributed by atoms with van der Waals surface area (Å²) in [6, 6.07) is 9.94. The van der Waals surface area contributed by atoms with E-state index < -0.39 is 16.8 Å². The molecule has 1 heterocycles. The number of benzene rings is 1. The van der Waals surface area contributed by atoms with Crippen molar-refractivity contribution in [2.75, 3.05) is 0 Å². The maximum atomic E-state index is 12.1. The molecule has 0 saturated carbocycles. The predicted molar refractivity (Wildman–Crippen MR) is 72.8 cm³/mol. The lowest BCUT2D eigenvalue weighted by Gasteiger charge is -2.03. The maximum Gasteiger partial charge on any atom is 0.354 e. The first-order valence-electron chi connectivity index (χ1n) is 5.38. The molecule has 0 unspecified atom stereocenters. The van der Waals surface area contributed by atoms with E-state index in [0.29, 0.717) is 15.7 Å². The standard InChI is InChI=1S/C13H10ClNO3S/c14-10-3-1-9(2-4-10)8-19(18)11-5-6-12(13(16)17)15-7-11/h1-7H,8H2,(H,16,17)/t19-/m1/s1. The fourth-order valence-corrected chi connectivity index (χ4v) is 2.63. The topological polar surface area (TPSA) is 67.3 Å². The molecule has 4 nitrogen and oxygen atoms in total. The quantitative estimate of drug-likeness (QED) is 0.942. The lowest BCUT2D eigenvalue weighted by molar-refractivity contribution is 0.0690. The Kier molecular flexibility index (Phi) is 4.29. The van der Waals surface area contributed by atoms with Gasteiger partial charge in [-0.15, -0.1) is 0 Å². The Morgan fingerprint density at radius 3 is 2.42 bits per heavy atom. The summed E-state index contributed by atoms with van der Waals surface area (Å²) in [5.41, 5.74) is 0.831. The Balaban J connectivity index is 2.11. The molecule has 2 rings (SSSR count). The van der Waals surface area contributed by atoms with Crippen molar-refractivity contribution >= 4 is 28.4 Å². The molecule has 0 radical (unpaired) electrons. The highest BCUT2D eigenvalue weighted by Crippen LogP contribution is 2.14. The molecule has 0 aliphatic rings. The van der Waals surface area contributed by atoms with Gasteiger partial charge in [-0.1, -0.05) is 23.7 Å². The van der Waals surface area contributed by atoms with E-state index >= 15 is 0 Å². The largest absolute Gasteiger partial charge is 0.477 e. The van der Waals surface area contributed by atoms with E-state index in [1.807, 2.05) is 0 Å². The van der Waals surface area contributed by atoms with Gasteiger partial charge >= 0.3 is 5.97 Å². The summed E-state index contributed by atoms with van der Waals surface area (Å²) in [6.45, 7) is 0. The number of hydrogen-bond acceptors (Lipinski definition) is 3. The number of carboxylic acid groups (broad SMARTS) is 1. The number of hydrogen-bond donors (Lipinski definition) is 1. The van der Waals surface area contributed by atoms with Crippen LogP contribution >= 0.6 is 11.6 Å². The van der Waals surface area contributed by atoms with Gasteiger partial charge in [0.15, 0.2) is 0 Å². The van der Waals surface area contributed by atoms with Crippen LogP contribution in [0.1, 0.15) is 16.1 Å². The average molecular weight is 296 g/mol. The summed E-state index contributed by atoms with van der Waals surface area (Å²) < 4.78 is 12.1. The molecule has 0 fully saturated rings. The molecule has 6 heteroatoms. The summed E-state index contributed by atoms with van der Waals surface area (Å²) >= 11 is 5.77. The normalized spacial score (nSPS) is 12.1. The number of halogens is 1. The van der Waals surface area contributed by atoms with Crippen molar-refractivity contribution in [1.82, 2.24) is 4.98 Å². The molecule has 1 atom stereocenters. The smallest absolute Gasteiger partial charge is 0.354 e. The van der Waals surface area contributed by atoms with Crippen LogP contribution in [0.15, 0.2) is 47.5 Å². The first kappa shape index (κ1) is 13.7. The lowest BCUT2D eigenvalue weighted by Crippen LogP contribution is -2.02. The Morgan fingerprint density at radius 1 is 1.21 bits per heavy atom.